The van der Waals surface area contributed by atoms with Crippen LogP contribution < -0.4 is 5.32 Å². The van der Waals surface area contributed by atoms with Crippen molar-refractivity contribution in [3.63, 3.8) is 0 Å². The van der Waals surface area contributed by atoms with Gasteiger partial charge in [-0.3, -0.25) is 0 Å². The fraction of sp³-hybridized carbons (Fsp3) is 0.182. The SMILES string of the molecule is CNCc1ncc(-c2ccc(F)cc2Br)o1. The van der Waals surface area contributed by atoms with Gasteiger partial charge in [0, 0.05) is 10.0 Å². The average molecular weight is 285 g/mol. The van der Waals surface area contributed by atoms with Crippen LogP contribution in [0.3, 0.4) is 0 Å². The summed E-state index contributed by atoms with van der Waals surface area (Å²) in [6, 6.07) is 4.44. The predicted molar refractivity (Wildman–Crippen MR) is 62.4 cm³/mol. The maximum Gasteiger partial charge on any atom is 0.208 e. The zero-order valence-electron chi connectivity index (χ0n) is 8.63. The molecule has 3 nitrogen and oxygen atoms in total. The van der Waals surface area contributed by atoms with Crippen LogP contribution in [0.4, 0.5) is 4.39 Å². The van der Waals surface area contributed by atoms with Gasteiger partial charge in [-0.15, -0.1) is 0 Å². The summed E-state index contributed by atoms with van der Waals surface area (Å²) in [6.45, 7) is 0.568. The Morgan fingerprint density at radius 2 is 2.31 bits per heavy atom. The highest BCUT2D eigenvalue weighted by molar-refractivity contribution is 9.10. The predicted octanol–water partition coefficient (Wildman–Crippen LogP) is 2.96. The molecule has 0 saturated carbocycles. The Morgan fingerprint density at radius 3 is 3.00 bits per heavy atom. The van der Waals surface area contributed by atoms with Gasteiger partial charge in [-0.2, -0.15) is 0 Å². The van der Waals surface area contributed by atoms with Crippen LogP contribution in [0.5, 0.6) is 0 Å². The third-order valence-electron chi connectivity index (χ3n) is 2.08. The van der Waals surface area contributed by atoms with Gasteiger partial charge in [-0.25, -0.2) is 9.37 Å². The second-order valence-electron chi connectivity index (χ2n) is 3.27. The Kier molecular flexibility index (Phi) is 3.36. The number of halogens is 2. The first-order valence-corrected chi connectivity index (χ1v) is 5.54. The number of nitrogens with one attached hydrogen (secondary N) is 1. The van der Waals surface area contributed by atoms with Crippen molar-refractivity contribution in [2.24, 2.45) is 0 Å². The van der Waals surface area contributed by atoms with Crippen LogP contribution in [0.1, 0.15) is 5.89 Å². The Hall–Kier alpha value is -1.20. The van der Waals surface area contributed by atoms with Crippen LogP contribution in [-0.4, -0.2) is 12.0 Å². The topological polar surface area (TPSA) is 38.1 Å². The molecule has 1 aromatic heterocycles. The first-order chi connectivity index (χ1) is 7.70. The zero-order valence-corrected chi connectivity index (χ0v) is 10.2. The van der Waals surface area contributed by atoms with E-state index in [0.717, 1.165) is 5.56 Å². The molecule has 0 aliphatic carbocycles. The van der Waals surface area contributed by atoms with Gasteiger partial charge in [0.15, 0.2) is 5.76 Å². The number of aromatic nitrogens is 1. The minimum Gasteiger partial charge on any atom is -0.439 e. The van der Waals surface area contributed by atoms with E-state index in [-0.39, 0.29) is 5.82 Å². The molecule has 2 aromatic rings. The van der Waals surface area contributed by atoms with Gasteiger partial charge in [-0.05, 0) is 41.2 Å². The molecule has 0 amide bonds. The molecule has 0 unspecified atom stereocenters. The van der Waals surface area contributed by atoms with Crippen molar-refractivity contribution in [3.8, 4) is 11.3 Å². The molecule has 0 radical (unpaired) electrons. The van der Waals surface area contributed by atoms with Gasteiger partial charge < -0.3 is 9.73 Å². The van der Waals surface area contributed by atoms with Crippen LogP contribution >= 0.6 is 15.9 Å². The zero-order chi connectivity index (χ0) is 11.5. The van der Waals surface area contributed by atoms with E-state index in [1.54, 1.807) is 12.3 Å². The minimum absolute atomic E-state index is 0.286. The number of rotatable bonds is 3. The molecule has 84 valence electrons. The summed E-state index contributed by atoms with van der Waals surface area (Å²) in [5.74, 6) is 0.941. The van der Waals surface area contributed by atoms with Gasteiger partial charge in [0.1, 0.15) is 5.82 Å². The van der Waals surface area contributed by atoms with Crippen molar-refractivity contribution in [3.05, 3.63) is 40.6 Å². The van der Waals surface area contributed by atoms with E-state index in [2.05, 4.69) is 26.2 Å². The van der Waals surface area contributed by atoms with E-state index in [1.165, 1.54) is 12.1 Å². The fourth-order valence-corrected chi connectivity index (χ4v) is 1.90. The second kappa shape index (κ2) is 4.76. The lowest BCUT2D eigenvalue weighted by atomic mass is 10.2. The summed E-state index contributed by atoms with van der Waals surface area (Å²) in [4.78, 5) is 4.10. The van der Waals surface area contributed by atoms with Gasteiger partial charge in [0.2, 0.25) is 5.89 Å². The summed E-state index contributed by atoms with van der Waals surface area (Å²) in [5.41, 5.74) is 0.788. The van der Waals surface area contributed by atoms with E-state index < -0.39 is 0 Å². The van der Waals surface area contributed by atoms with Crippen molar-refractivity contribution in [1.82, 2.24) is 10.3 Å². The minimum atomic E-state index is -0.286. The maximum absolute atomic E-state index is 12.9. The average Bonchev–Trinajstić information content (AvgIpc) is 2.67. The molecule has 0 aliphatic rings. The highest BCUT2D eigenvalue weighted by Gasteiger charge is 2.09. The number of hydrogen-bond acceptors (Lipinski definition) is 3. The highest BCUT2D eigenvalue weighted by Crippen LogP contribution is 2.29. The maximum atomic E-state index is 12.9. The lowest BCUT2D eigenvalue weighted by molar-refractivity contribution is 0.490. The second-order valence-corrected chi connectivity index (χ2v) is 4.13. The number of nitrogens with zero attached hydrogens (tertiary/aromatic N) is 1. The van der Waals surface area contributed by atoms with E-state index in [4.69, 9.17) is 4.42 Å². The lowest BCUT2D eigenvalue weighted by Gasteiger charge is -2.00. The number of hydrogen-bond donors (Lipinski definition) is 1. The Bertz CT molecular complexity index is 498. The van der Waals surface area contributed by atoms with Crippen molar-refractivity contribution in [2.45, 2.75) is 6.54 Å². The Labute approximate surface area is 101 Å². The van der Waals surface area contributed by atoms with Crippen LogP contribution in [0, 0.1) is 5.82 Å². The normalized spacial score (nSPS) is 10.7. The van der Waals surface area contributed by atoms with Gasteiger partial charge in [-0.1, -0.05) is 0 Å². The van der Waals surface area contributed by atoms with Crippen LogP contribution in [0.15, 0.2) is 33.3 Å². The summed E-state index contributed by atoms with van der Waals surface area (Å²) in [5, 5.41) is 2.94. The first-order valence-electron chi connectivity index (χ1n) is 4.75. The summed E-state index contributed by atoms with van der Waals surface area (Å²) >= 11 is 3.29. The summed E-state index contributed by atoms with van der Waals surface area (Å²) in [7, 11) is 1.82. The van der Waals surface area contributed by atoms with Crippen LogP contribution in [-0.2, 0) is 6.54 Å². The third-order valence-corrected chi connectivity index (χ3v) is 2.73. The molecule has 2 rings (SSSR count). The molecule has 1 N–H and O–H groups in total. The number of oxazole rings is 1. The van der Waals surface area contributed by atoms with Gasteiger partial charge in [0.05, 0.1) is 12.7 Å². The quantitative estimate of drug-likeness (QED) is 0.942. The van der Waals surface area contributed by atoms with E-state index in [9.17, 15) is 4.39 Å². The molecule has 0 atom stereocenters. The van der Waals surface area contributed by atoms with Crippen LogP contribution in [0.2, 0.25) is 0 Å². The molecular weight excluding hydrogens is 275 g/mol. The van der Waals surface area contributed by atoms with E-state index in [0.29, 0.717) is 22.7 Å². The summed E-state index contributed by atoms with van der Waals surface area (Å²) < 4.78 is 19.1. The third kappa shape index (κ3) is 2.31. The van der Waals surface area contributed by atoms with Crippen LogP contribution in [0.25, 0.3) is 11.3 Å². The van der Waals surface area contributed by atoms with Crippen molar-refractivity contribution in [2.75, 3.05) is 7.05 Å². The van der Waals surface area contributed by atoms with Crippen molar-refractivity contribution >= 4 is 15.9 Å². The van der Waals surface area contributed by atoms with Crippen molar-refractivity contribution in [1.29, 1.82) is 0 Å². The molecule has 1 heterocycles. The van der Waals surface area contributed by atoms with E-state index in [1.807, 2.05) is 7.05 Å². The smallest absolute Gasteiger partial charge is 0.208 e. The first kappa shape index (κ1) is 11.3. The monoisotopic (exact) mass is 284 g/mol. The molecule has 16 heavy (non-hydrogen) atoms. The molecule has 1 aromatic carbocycles. The molecule has 0 aliphatic heterocycles. The van der Waals surface area contributed by atoms with Crippen molar-refractivity contribution < 1.29 is 8.81 Å². The number of benzene rings is 1. The molecule has 0 spiro atoms. The molecular formula is C11H10BrFN2O. The molecule has 0 fully saturated rings. The molecule has 0 saturated heterocycles. The Morgan fingerprint density at radius 1 is 1.50 bits per heavy atom. The standard InChI is InChI=1S/C11H10BrFN2O/c1-14-6-11-15-5-10(16-11)8-3-2-7(13)4-9(8)12/h2-5,14H,6H2,1H3. The fourth-order valence-electron chi connectivity index (χ4n) is 1.36. The van der Waals surface area contributed by atoms with E-state index >= 15 is 0 Å². The highest BCUT2D eigenvalue weighted by atomic mass is 79.9. The van der Waals surface area contributed by atoms with Gasteiger partial charge in [0.25, 0.3) is 0 Å². The summed E-state index contributed by atoms with van der Waals surface area (Å²) in [6.07, 6.45) is 1.63. The largest absolute Gasteiger partial charge is 0.439 e. The molecule has 5 heteroatoms. The van der Waals surface area contributed by atoms with Gasteiger partial charge >= 0.3 is 0 Å². The Balaban J connectivity index is 2.35. The lowest BCUT2D eigenvalue weighted by Crippen LogP contribution is -2.04. The molecule has 0 bridgehead atoms.